The molecule has 142 valence electrons. The standard InChI is InChI=1S/C20H21ClN2O3S/c1-13(24)23-17(12-27-20(23)16-4-2-3-5-18(16)25)19(26)22-11-10-14-6-8-15(21)9-7-14/h2-9,17,20,25H,10-12H2,1H3,(H,22,26). The summed E-state index contributed by atoms with van der Waals surface area (Å²) in [4.78, 5) is 26.4. The molecule has 2 N–H and O–H groups in total. The molecule has 1 heterocycles. The van der Waals surface area contributed by atoms with Crippen molar-refractivity contribution >= 4 is 35.2 Å². The number of para-hydroxylation sites is 1. The van der Waals surface area contributed by atoms with Crippen LogP contribution in [0.3, 0.4) is 0 Å². The van der Waals surface area contributed by atoms with Crippen LogP contribution in [0.4, 0.5) is 0 Å². The highest BCUT2D eigenvalue weighted by molar-refractivity contribution is 7.99. The van der Waals surface area contributed by atoms with Gasteiger partial charge in [0.15, 0.2) is 0 Å². The smallest absolute Gasteiger partial charge is 0.243 e. The first-order valence-corrected chi connectivity index (χ1v) is 10.1. The van der Waals surface area contributed by atoms with Gasteiger partial charge in [-0.1, -0.05) is 41.9 Å². The molecule has 2 unspecified atom stereocenters. The summed E-state index contributed by atoms with van der Waals surface area (Å²) >= 11 is 7.36. The molecule has 0 spiro atoms. The minimum absolute atomic E-state index is 0.130. The first-order valence-electron chi connectivity index (χ1n) is 8.68. The normalized spacial score (nSPS) is 19.1. The maximum Gasteiger partial charge on any atom is 0.243 e. The van der Waals surface area contributed by atoms with Crippen LogP contribution in [0.2, 0.25) is 5.02 Å². The van der Waals surface area contributed by atoms with Crippen molar-refractivity contribution in [2.45, 2.75) is 24.8 Å². The van der Waals surface area contributed by atoms with Gasteiger partial charge >= 0.3 is 0 Å². The van der Waals surface area contributed by atoms with Gasteiger partial charge in [-0.2, -0.15) is 0 Å². The summed E-state index contributed by atoms with van der Waals surface area (Å²) in [6.45, 7) is 1.93. The Morgan fingerprint density at radius 2 is 1.93 bits per heavy atom. The van der Waals surface area contributed by atoms with Gasteiger partial charge in [0.25, 0.3) is 0 Å². The maximum absolute atomic E-state index is 12.7. The molecule has 2 amide bonds. The molecule has 2 aromatic rings. The van der Waals surface area contributed by atoms with Gasteiger partial charge in [-0.15, -0.1) is 11.8 Å². The van der Waals surface area contributed by atoms with Gasteiger partial charge in [0.1, 0.15) is 17.2 Å². The van der Waals surface area contributed by atoms with Gasteiger partial charge in [-0.3, -0.25) is 9.59 Å². The Balaban J connectivity index is 1.64. The number of amides is 2. The Hall–Kier alpha value is -2.18. The number of carbonyl (C=O) groups excluding carboxylic acids is 2. The quantitative estimate of drug-likeness (QED) is 0.801. The molecule has 0 aromatic heterocycles. The zero-order valence-electron chi connectivity index (χ0n) is 14.9. The van der Waals surface area contributed by atoms with Crippen molar-refractivity contribution in [2.24, 2.45) is 0 Å². The third kappa shape index (κ3) is 4.57. The third-order valence-corrected chi connectivity index (χ3v) is 6.05. The topological polar surface area (TPSA) is 69.6 Å². The van der Waals surface area contributed by atoms with Crippen molar-refractivity contribution in [3.63, 3.8) is 0 Å². The second kappa shape index (κ2) is 8.67. The van der Waals surface area contributed by atoms with Crippen molar-refractivity contribution in [2.75, 3.05) is 12.3 Å². The van der Waals surface area contributed by atoms with Crippen LogP contribution in [0.25, 0.3) is 0 Å². The van der Waals surface area contributed by atoms with Gasteiger partial charge in [-0.05, 0) is 30.2 Å². The highest BCUT2D eigenvalue weighted by atomic mass is 35.5. The molecule has 7 heteroatoms. The summed E-state index contributed by atoms with van der Waals surface area (Å²) < 4.78 is 0. The molecule has 1 saturated heterocycles. The minimum Gasteiger partial charge on any atom is -0.508 e. The average Bonchev–Trinajstić information content (AvgIpc) is 3.09. The summed E-state index contributed by atoms with van der Waals surface area (Å²) in [5.41, 5.74) is 1.73. The number of rotatable bonds is 5. The minimum atomic E-state index is -0.553. The van der Waals surface area contributed by atoms with Crippen LogP contribution in [0.1, 0.15) is 23.4 Å². The molecule has 1 aliphatic heterocycles. The van der Waals surface area contributed by atoms with Crippen molar-refractivity contribution in [3.8, 4) is 5.75 Å². The van der Waals surface area contributed by atoms with Crippen molar-refractivity contribution < 1.29 is 14.7 Å². The molecule has 0 aliphatic carbocycles. The molecular weight excluding hydrogens is 384 g/mol. The molecule has 5 nitrogen and oxygen atoms in total. The first-order chi connectivity index (χ1) is 13.0. The lowest BCUT2D eigenvalue weighted by molar-refractivity contribution is -0.138. The van der Waals surface area contributed by atoms with E-state index in [1.54, 1.807) is 23.1 Å². The van der Waals surface area contributed by atoms with Crippen LogP contribution in [-0.2, 0) is 16.0 Å². The number of phenols is 1. The zero-order valence-corrected chi connectivity index (χ0v) is 16.5. The fourth-order valence-electron chi connectivity index (χ4n) is 3.13. The predicted octanol–water partition coefficient (Wildman–Crippen LogP) is 3.37. The molecule has 0 saturated carbocycles. The van der Waals surface area contributed by atoms with E-state index < -0.39 is 6.04 Å². The lowest BCUT2D eigenvalue weighted by Gasteiger charge is -2.28. The number of halogens is 1. The van der Waals surface area contributed by atoms with Gasteiger partial charge < -0.3 is 15.3 Å². The molecule has 2 aromatic carbocycles. The van der Waals surface area contributed by atoms with Crippen LogP contribution in [0.15, 0.2) is 48.5 Å². The molecule has 3 rings (SSSR count). The molecule has 0 radical (unpaired) electrons. The predicted molar refractivity (Wildman–Crippen MR) is 108 cm³/mol. The molecule has 27 heavy (non-hydrogen) atoms. The first kappa shape index (κ1) is 19.6. The summed E-state index contributed by atoms with van der Waals surface area (Å²) in [7, 11) is 0. The summed E-state index contributed by atoms with van der Waals surface area (Å²) in [6.07, 6.45) is 0.686. The molecular formula is C20H21ClN2O3S. The van der Waals surface area contributed by atoms with Gasteiger partial charge in [0.2, 0.25) is 11.8 Å². The Kier molecular flexibility index (Phi) is 6.29. The van der Waals surface area contributed by atoms with E-state index in [2.05, 4.69) is 5.32 Å². The van der Waals surface area contributed by atoms with E-state index >= 15 is 0 Å². The monoisotopic (exact) mass is 404 g/mol. The SMILES string of the molecule is CC(=O)N1C(C(=O)NCCc2ccc(Cl)cc2)CSC1c1ccccc1O. The number of aromatic hydroxyl groups is 1. The van der Waals surface area contributed by atoms with Gasteiger partial charge in [0, 0.05) is 29.8 Å². The lowest BCUT2D eigenvalue weighted by atomic mass is 10.1. The van der Waals surface area contributed by atoms with Crippen LogP contribution in [0.5, 0.6) is 5.75 Å². The van der Waals surface area contributed by atoms with Crippen LogP contribution in [-0.4, -0.2) is 40.2 Å². The van der Waals surface area contributed by atoms with Crippen molar-refractivity contribution in [3.05, 3.63) is 64.7 Å². The van der Waals surface area contributed by atoms with E-state index in [4.69, 9.17) is 11.6 Å². The second-order valence-electron chi connectivity index (χ2n) is 6.35. The number of nitrogens with zero attached hydrogens (tertiary/aromatic N) is 1. The van der Waals surface area contributed by atoms with Crippen LogP contribution < -0.4 is 5.32 Å². The lowest BCUT2D eigenvalue weighted by Crippen LogP contribution is -2.47. The Morgan fingerprint density at radius 3 is 2.59 bits per heavy atom. The second-order valence-corrected chi connectivity index (χ2v) is 7.90. The average molecular weight is 405 g/mol. The zero-order chi connectivity index (χ0) is 19.4. The van der Waals surface area contributed by atoms with E-state index in [0.717, 1.165) is 5.56 Å². The Bertz CT molecular complexity index is 828. The molecule has 1 aliphatic rings. The van der Waals surface area contributed by atoms with E-state index in [-0.39, 0.29) is 22.9 Å². The Labute approximate surface area is 167 Å². The molecule has 0 bridgehead atoms. The van der Waals surface area contributed by atoms with Crippen LogP contribution >= 0.6 is 23.4 Å². The number of benzene rings is 2. The van der Waals surface area contributed by atoms with Crippen molar-refractivity contribution in [1.82, 2.24) is 10.2 Å². The highest BCUT2D eigenvalue weighted by Crippen LogP contribution is 2.44. The number of thioether (sulfide) groups is 1. The summed E-state index contributed by atoms with van der Waals surface area (Å²) in [5.74, 6) is 0.256. The van der Waals surface area contributed by atoms with E-state index in [1.807, 2.05) is 30.3 Å². The number of nitrogens with one attached hydrogen (secondary N) is 1. The Morgan fingerprint density at radius 1 is 1.22 bits per heavy atom. The van der Waals surface area contributed by atoms with Crippen LogP contribution in [0, 0.1) is 0 Å². The summed E-state index contributed by atoms with van der Waals surface area (Å²) in [5, 5.41) is 13.4. The van der Waals surface area contributed by atoms with Crippen molar-refractivity contribution in [1.29, 1.82) is 0 Å². The van der Waals surface area contributed by atoms with Gasteiger partial charge in [-0.25, -0.2) is 0 Å². The third-order valence-electron chi connectivity index (χ3n) is 4.50. The molecule has 1 fully saturated rings. The van der Waals surface area contributed by atoms with E-state index in [1.165, 1.54) is 18.7 Å². The number of hydrogen-bond donors (Lipinski definition) is 2. The molecule has 2 atom stereocenters. The number of phenolic OH excluding ortho intramolecular Hbond substituents is 1. The van der Waals surface area contributed by atoms with Gasteiger partial charge in [0.05, 0.1) is 0 Å². The summed E-state index contributed by atoms with van der Waals surface area (Å²) in [6, 6.07) is 13.9. The fourth-order valence-corrected chi connectivity index (χ4v) is 4.77. The maximum atomic E-state index is 12.7. The largest absolute Gasteiger partial charge is 0.508 e. The fraction of sp³-hybridized carbons (Fsp3) is 0.300. The van der Waals surface area contributed by atoms with E-state index in [9.17, 15) is 14.7 Å². The number of carbonyl (C=O) groups is 2. The number of hydrogen-bond acceptors (Lipinski definition) is 4. The highest BCUT2D eigenvalue weighted by Gasteiger charge is 2.41. The van der Waals surface area contributed by atoms with E-state index in [0.29, 0.717) is 29.3 Å².